The van der Waals surface area contributed by atoms with E-state index in [1.807, 2.05) is 0 Å². The molecule has 2 nitrogen and oxygen atoms in total. The van der Waals surface area contributed by atoms with Crippen LogP contribution in [-0.2, 0) is 0 Å². The first kappa shape index (κ1) is 12.8. The van der Waals surface area contributed by atoms with E-state index in [1.54, 1.807) is 0 Å². The van der Waals surface area contributed by atoms with Gasteiger partial charge in [-0.15, -0.1) is 0 Å². The van der Waals surface area contributed by atoms with Gasteiger partial charge in [-0.3, -0.25) is 4.79 Å². The summed E-state index contributed by atoms with van der Waals surface area (Å²) in [5.74, 6) is -1.13. The number of rotatable bonds is 2. The third-order valence-electron chi connectivity index (χ3n) is 2.12. The SMILES string of the molecule is O=C(c1cc(Cl)c(Br)cc1F)c1ccoc1Br. The normalized spacial score (nSPS) is 10.6. The van der Waals surface area contributed by atoms with Crippen LogP contribution in [0.3, 0.4) is 0 Å². The van der Waals surface area contributed by atoms with E-state index in [-0.39, 0.29) is 20.8 Å². The second-order valence-electron chi connectivity index (χ2n) is 3.18. The second kappa shape index (κ2) is 4.92. The van der Waals surface area contributed by atoms with Gasteiger partial charge in [0.15, 0.2) is 10.5 Å². The number of carbonyl (C=O) groups is 1. The highest BCUT2D eigenvalue weighted by atomic mass is 79.9. The molecular formula is C11H4Br2ClFO2. The lowest BCUT2D eigenvalue weighted by Crippen LogP contribution is -2.04. The maximum atomic E-state index is 13.6. The lowest BCUT2D eigenvalue weighted by atomic mass is 10.1. The fourth-order valence-electron chi connectivity index (χ4n) is 1.30. The Bertz CT molecular complexity index is 595. The maximum absolute atomic E-state index is 13.6. The van der Waals surface area contributed by atoms with Crippen molar-refractivity contribution < 1.29 is 13.6 Å². The highest BCUT2D eigenvalue weighted by molar-refractivity contribution is 9.10. The Morgan fingerprint density at radius 1 is 1.29 bits per heavy atom. The molecule has 0 bridgehead atoms. The summed E-state index contributed by atoms with van der Waals surface area (Å²) in [4.78, 5) is 12.0. The minimum absolute atomic E-state index is 0.0969. The Morgan fingerprint density at radius 2 is 2.00 bits per heavy atom. The lowest BCUT2D eigenvalue weighted by Gasteiger charge is -2.03. The van der Waals surface area contributed by atoms with E-state index < -0.39 is 11.6 Å². The van der Waals surface area contributed by atoms with Gasteiger partial charge < -0.3 is 4.42 Å². The Balaban J connectivity index is 2.52. The second-order valence-corrected chi connectivity index (χ2v) is 5.17. The average molecular weight is 382 g/mol. The average Bonchev–Trinajstić information content (AvgIpc) is 2.69. The molecule has 0 atom stereocenters. The fraction of sp³-hybridized carbons (Fsp3) is 0. The molecular weight excluding hydrogens is 378 g/mol. The standard InChI is InChI=1S/C11H4Br2ClFO2/c12-7-4-9(15)6(3-8(7)14)10(16)5-1-2-17-11(5)13/h1-4H. The monoisotopic (exact) mass is 380 g/mol. The van der Waals surface area contributed by atoms with Gasteiger partial charge in [-0.25, -0.2) is 4.39 Å². The minimum Gasteiger partial charge on any atom is -0.457 e. The first-order valence-corrected chi connectivity index (χ1v) is 6.39. The van der Waals surface area contributed by atoms with Gasteiger partial charge in [0.05, 0.1) is 22.4 Å². The molecule has 1 aromatic carbocycles. The van der Waals surface area contributed by atoms with Crippen LogP contribution in [0.15, 0.2) is 38.0 Å². The molecule has 2 aromatic rings. The first-order chi connectivity index (χ1) is 8.00. The molecule has 0 N–H and O–H groups in total. The van der Waals surface area contributed by atoms with E-state index in [0.29, 0.717) is 4.47 Å². The topological polar surface area (TPSA) is 30.2 Å². The van der Waals surface area contributed by atoms with Crippen LogP contribution in [0.4, 0.5) is 4.39 Å². The van der Waals surface area contributed by atoms with Gasteiger partial charge >= 0.3 is 0 Å². The molecule has 0 unspecified atom stereocenters. The zero-order valence-electron chi connectivity index (χ0n) is 8.14. The molecule has 0 radical (unpaired) electrons. The number of halogens is 4. The van der Waals surface area contributed by atoms with Crippen molar-refractivity contribution in [1.29, 1.82) is 0 Å². The Morgan fingerprint density at radius 3 is 2.59 bits per heavy atom. The van der Waals surface area contributed by atoms with Crippen molar-refractivity contribution >= 4 is 49.2 Å². The number of carbonyl (C=O) groups excluding carboxylic acids is 1. The predicted octanol–water partition coefficient (Wildman–Crippen LogP) is 4.83. The molecule has 88 valence electrons. The highest BCUT2D eigenvalue weighted by Gasteiger charge is 2.19. The smallest absolute Gasteiger partial charge is 0.200 e. The minimum atomic E-state index is -0.639. The Labute approximate surface area is 118 Å². The third-order valence-corrected chi connectivity index (χ3v) is 3.93. The molecule has 0 aliphatic rings. The van der Waals surface area contributed by atoms with Crippen LogP contribution in [-0.4, -0.2) is 5.78 Å². The Hall–Kier alpha value is -0.650. The van der Waals surface area contributed by atoms with Crippen LogP contribution in [0.1, 0.15) is 15.9 Å². The van der Waals surface area contributed by atoms with Crippen molar-refractivity contribution in [3.05, 3.63) is 55.6 Å². The molecule has 2 rings (SSSR count). The van der Waals surface area contributed by atoms with Crippen molar-refractivity contribution in [3.8, 4) is 0 Å². The van der Waals surface area contributed by atoms with Gasteiger partial charge in [0, 0.05) is 4.47 Å². The van der Waals surface area contributed by atoms with Crippen molar-refractivity contribution in [2.24, 2.45) is 0 Å². The molecule has 1 aromatic heterocycles. The van der Waals surface area contributed by atoms with Crippen LogP contribution < -0.4 is 0 Å². The summed E-state index contributed by atoms with van der Waals surface area (Å²) in [6, 6.07) is 3.90. The summed E-state index contributed by atoms with van der Waals surface area (Å²) in [6.07, 6.45) is 1.34. The number of furan rings is 1. The van der Waals surface area contributed by atoms with Crippen molar-refractivity contribution in [2.75, 3.05) is 0 Å². The van der Waals surface area contributed by atoms with Gasteiger partial charge in [-0.2, -0.15) is 0 Å². The van der Waals surface area contributed by atoms with Crippen molar-refractivity contribution in [2.45, 2.75) is 0 Å². The number of benzene rings is 1. The number of hydrogen-bond donors (Lipinski definition) is 0. The third kappa shape index (κ3) is 2.46. The zero-order valence-corrected chi connectivity index (χ0v) is 12.1. The van der Waals surface area contributed by atoms with Crippen LogP contribution in [0.5, 0.6) is 0 Å². The van der Waals surface area contributed by atoms with Gasteiger partial charge in [0.2, 0.25) is 0 Å². The van der Waals surface area contributed by atoms with Crippen LogP contribution in [0, 0.1) is 5.82 Å². The highest BCUT2D eigenvalue weighted by Crippen LogP contribution is 2.28. The van der Waals surface area contributed by atoms with Gasteiger partial charge in [0.25, 0.3) is 0 Å². The zero-order chi connectivity index (χ0) is 12.6. The summed E-state index contributed by atoms with van der Waals surface area (Å²) in [7, 11) is 0. The van der Waals surface area contributed by atoms with Crippen molar-refractivity contribution in [1.82, 2.24) is 0 Å². The summed E-state index contributed by atoms with van der Waals surface area (Å²) in [5.41, 5.74) is 0.155. The maximum Gasteiger partial charge on any atom is 0.200 e. The molecule has 0 amide bonds. The summed E-state index contributed by atoms with van der Waals surface area (Å²) < 4.78 is 19.2. The molecule has 6 heteroatoms. The lowest BCUT2D eigenvalue weighted by molar-refractivity contribution is 0.103. The molecule has 0 aliphatic carbocycles. The summed E-state index contributed by atoms with van der Waals surface area (Å²) in [5, 5.41) is 0.273. The van der Waals surface area contributed by atoms with Gasteiger partial charge in [-0.1, -0.05) is 11.6 Å². The summed E-state index contributed by atoms with van der Waals surface area (Å²) >= 11 is 12.0. The molecule has 0 saturated heterocycles. The molecule has 17 heavy (non-hydrogen) atoms. The van der Waals surface area contributed by atoms with Crippen LogP contribution in [0.25, 0.3) is 0 Å². The molecule has 1 heterocycles. The van der Waals surface area contributed by atoms with E-state index in [2.05, 4.69) is 31.9 Å². The van der Waals surface area contributed by atoms with E-state index in [1.165, 1.54) is 18.4 Å². The van der Waals surface area contributed by atoms with Gasteiger partial charge in [0.1, 0.15) is 5.82 Å². The van der Waals surface area contributed by atoms with Crippen LogP contribution in [0.2, 0.25) is 5.02 Å². The molecule has 0 saturated carbocycles. The summed E-state index contributed by atoms with van der Waals surface area (Å²) in [6.45, 7) is 0. The number of hydrogen-bond acceptors (Lipinski definition) is 2. The van der Waals surface area contributed by atoms with Crippen LogP contribution >= 0.6 is 43.5 Å². The first-order valence-electron chi connectivity index (χ1n) is 4.43. The predicted molar refractivity (Wildman–Crippen MR) is 69.0 cm³/mol. The quantitative estimate of drug-likeness (QED) is 0.550. The van der Waals surface area contributed by atoms with E-state index in [9.17, 15) is 9.18 Å². The molecule has 0 spiro atoms. The van der Waals surface area contributed by atoms with Gasteiger partial charge in [-0.05, 0) is 50.1 Å². The molecule has 0 fully saturated rings. The van der Waals surface area contributed by atoms with Crippen molar-refractivity contribution in [3.63, 3.8) is 0 Å². The van der Waals surface area contributed by atoms with E-state index in [0.717, 1.165) is 6.07 Å². The Kier molecular flexibility index (Phi) is 3.70. The fourth-order valence-corrected chi connectivity index (χ4v) is 2.20. The van der Waals surface area contributed by atoms with E-state index >= 15 is 0 Å². The molecule has 0 aliphatic heterocycles. The number of ketones is 1. The largest absolute Gasteiger partial charge is 0.457 e. The van der Waals surface area contributed by atoms with E-state index in [4.69, 9.17) is 16.0 Å².